The van der Waals surface area contributed by atoms with Crippen LogP contribution in [-0.4, -0.2) is 23.8 Å². The second-order valence-corrected chi connectivity index (χ2v) is 10.8. The zero-order valence-corrected chi connectivity index (χ0v) is 16.5. The number of carbonyl (C=O) groups excluding carboxylic acids is 1. The highest BCUT2D eigenvalue weighted by Gasteiger charge is 2.19. The first-order chi connectivity index (χ1) is 11.1. The Kier molecular flexibility index (Phi) is 5.75. The first kappa shape index (κ1) is 19.0. The zero-order valence-electron chi connectivity index (χ0n) is 14.8. The van der Waals surface area contributed by atoms with E-state index in [1.54, 1.807) is 19.4 Å². The van der Waals surface area contributed by atoms with Crippen molar-refractivity contribution in [2.45, 2.75) is 36.9 Å². The zero-order chi connectivity index (χ0) is 18.0. The minimum Gasteiger partial charge on any atom is -0.347 e. The van der Waals surface area contributed by atoms with Gasteiger partial charge in [-0.2, -0.15) is 0 Å². The normalized spacial score (nSPS) is 15.6. The summed E-state index contributed by atoms with van der Waals surface area (Å²) in [7, 11) is -0.290. The van der Waals surface area contributed by atoms with Crippen molar-refractivity contribution in [3.63, 3.8) is 0 Å². The van der Waals surface area contributed by atoms with E-state index in [-0.39, 0.29) is 11.3 Å². The van der Waals surface area contributed by atoms with E-state index in [1.807, 2.05) is 6.07 Å². The summed E-state index contributed by atoms with van der Waals surface area (Å²) < 4.78 is 13.9. The van der Waals surface area contributed by atoms with Crippen molar-refractivity contribution in [2.24, 2.45) is 0 Å². The lowest BCUT2D eigenvalue weighted by atomic mass is 9.87. The molecular weight excluding hydrogens is 340 g/mol. The molecule has 0 spiro atoms. The molecule has 0 fully saturated rings. The maximum atomic E-state index is 12.3. The van der Waals surface area contributed by atoms with Gasteiger partial charge in [0.1, 0.15) is 0 Å². The van der Waals surface area contributed by atoms with E-state index in [0.717, 1.165) is 9.77 Å². The summed E-state index contributed by atoms with van der Waals surface area (Å²) in [5, 5.41) is 2.93. The highest BCUT2D eigenvalue weighted by molar-refractivity contribution is 8.28. The van der Waals surface area contributed by atoms with Crippen molar-refractivity contribution in [1.82, 2.24) is 10.0 Å². The van der Waals surface area contributed by atoms with Crippen LogP contribution in [0.5, 0.6) is 0 Å². The van der Waals surface area contributed by atoms with Crippen LogP contribution in [0.3, 0.4) is 0 Å². The van der Waals surface area contributed by atoms with Crippen LogP contribution in [0, 0.1) is 0 Å². The fraction of sp³-hybridized carbons (Fsp3) is 0.389. The van der Waals surface area contributed by atoms with Crippen LogP contribution < -0.4 is 10.0 Å². The molecule has 1 aromatic carbocycles. The van der Waals surface area contributed by atoms with Crippen LogP contribution in [0.1, 0.15) is 41.6 Å². The Balaban J connectivity index is 1.98. The molecule has 0 aliphatic heterocycles. The SMILES string of the molecule is CNS(C)(O)c1ccc(C(=O)NCc2ccc(C(C)(C)C)cc2)s1. The Hall–Kier alpha value is -1.34. The van der Waals surface area contributed by atoms with Crippen molar-refractivity contribution in [2.75, 3.05) is 13.3 Å². The number of hydrogen-bond acceptors (Lipinski definition) is 4. The van der Waals surface area contributed by atoms with E-state index in [2.05, 4.69) is 55.1 Å². The lowest BCUT2D eigenvalue weighted by molar-refractivity contribution is 0.0955. The summed E-state index contributed by atoms with van der Waals surface area (Å²) in [6, 6.07) is 11.9. The minimum atomic E-state index is -2.01. The molecule has 1 unspecified atom stereocenters. The monoisotopic (exact) mass is 366 g/mol. The van der Waals surface area contributed by atoms with Crippen LogP contribution in [0.2, 0.25) is 0 Å². The van der Waals surface area contributed by atoms with Crippen molar-refractivity contribution in [3.8, 4) is 0 Å². The summed E-state index contributed by atoms with van der Waals surface area (Å²) >= 11 is 1.33. The Morgan fingerprint density at radius 1 is 1.17 bits per heavy atom. The summed E-state index contributed by atoms with van der Waals surface area (Å²) in [6.45, 7) is 7.03. The topological polar surface area (TPSA) is 61.4 Å². The third-order valence-electron chi connectivity index (χ3n) is 3.87. The van der Waals surface area contributed by atoms with Gasteiger partial charge in [0.15, 0.2) is 0 Å². The van der Waals surface area contributed by atoms with Crippen molar-refractivity contribution in [1.29, 1.82) is 0 Å². The lowest BCUT2D eigenvalue weighted by Crippen LogP contribution is -2.22. The molecule has 0 saturated heterocycles. The molecular formula is C18H26N2O2S2. The number of thiophene rings is 1. The molecule has 1 aromatic heterocycles. The van der Waals surface area contributed by atoms with E-state index in [9.17, 15) is 9.35 Å². The lowest BCUT2D eigenvalue weighted by Gasteiger charge is -2.26. The summed E-state index contributed by atoms with van der Waals surface area (Å²) in [6.07, 6.45) is 1.75. The van der Waals surface area contributed by atoms with Crippen LogP contribution in [-0.2, 0) is 12.0 Å². The Bertz CT molecular complexity index is 701. The second-order valence-electron chi connectivity index (χ2n) is 6.83. The van der Waals surface area contributed by atoms with Gasteiger partial charge in [-0.3, -0.25) is 9.52 Å². The molecule has 0 aliphatic rings. The third-order valence-corrected chi connectivity index (χ3v) is 7.68. The molecule has 24 heavy (non-hydrogen) atoms. The van der Waals surface area contributed by atoms with Crippen molar-refractivity contribution < 1.29 is 9.35 Å². The second kappa shape index (κ2) is 7.27. The van der Waals surface area contributed by atoms with Gasteiger partial charge in [-0.1, -0.05) is 55.5 Å². The Morgan fingerprint density at radius 3 is 2.33 bits per heavy atom. The molecule has 1 heterocycles. The number of amides is 1. The molecule has 132 valence electrons. The van der Waals surface area contributed by atoms with Gasteiger partial charge in [0, 0.05) is 12.8 Å². The third kappa shape index (κ3) is 4.60. The molecule has 0 radical (unpaired) electrons. The molecule has 0 aliphatic carbocycles. The quantitative estimate of drug-likeness (QED) is 0.736. The van der Waals surface area contributed by atoms with Gasteiger partial charge < -0.3 is 9.87 Å². The summed E-state index contributed by atoms with van der Waals surface area (Å²) in [5.74, 6) is -0.113. The highest BCUT2D eigenvalue weighted by Crippen LogP contribution is 2.47. The maximum absolute atomic E-state index is 12.3. The van der Waals surface area contributed by atoms with Crippen LogP contribution >= 0.6 is 21.8 Å². The number of benzene rings is 1. The van der Waals surface area contributed by atoms with Crippen LogP contribution in [0.15, 0.2) is 40.6 Å². The van der Waals surface area contributed by atoms with Gasteiger partial charge >= 0.3 is 0 Å². The smallest absolute Gasteiger partial charge is 0.261 e. The van der Waals surface area contributed by atoms with Gasteiger partial charge in [0.25, 0.3) is 5.91 Å². The maximum Gasteiger partial charge on any atom is 0.261 e. The summed E-state index contributed by atoms with van der Waals surface area (Å²) in [4.78, 5) is 12.9. The van der Waals surface area contributed by atoms with Crippen LogP contribution in [0.4, 0.5) is 0 Å². The first-order valence-electron chi connectivity index (χ1n) is 7.80. The van der Waals surface area contributed by atoms with Gasteiger partial charge in [-0.25, -0.2) is 0 Å². The standard InChI is InChI=1S/C18H26N2O2S2/c1-18(2,3)14-8-6-13(7-9-14)12-20-17(21)15-10-11-16(23-15)24(5,22)19-4/h6-11,19,22H,12H2,1-5H3,(H,20,21). The predicted octanol–water partition coefficient (Wildman–Crippen LogP) is 4.38. The fourth-order valence-electron chi connectivity index (χ4n) is 2.15. The van der Waals surface area contributed by atoms with E-state index < -0.39 is 10.5 Å². The van der Waals surface area contributed by atoms with E-state index >= 15 is 0 Å². The van der Waals surface area contributed by atoms with Crippen molar-refractivity contribution >= 4 is 27.7 Å². The average Bonchev–Trinajstić information content (AvgIpc) is 3.03. The fourth-order valence-corrected chi connectivity index (χ4v) is 4.50. The molecule has 1 atom stereocenters. The minimum absolute atomic E-state index is 0.113. The number of nitrogens with one attached hydrogen (secondary N) is 2. The Morgan fingerprint density at radius 2 is 1.79 bits per heavy atom. The molecule has 2 aromatic rings. The molecule has 0 saturated carbocycles. The molecule has 4 nitrogen and oxygen atoms in total. The number of rotatable bonds is 5. The van der Waals surface area contributed by atoms with Gasteiger partial charge in [-0.05, 0) is 35.7 Å². The number of carbonyl (C=O) groups is 1. The van der Waals surface area contributed by atoms with Crippen molar-refractivity contribution in [3.05, 3.63) is 52.4 Å². The molecule has 1 amide bonds. The van der Waals surface area contributed by atoms with E-state index in [4.69, 9.17) is 0 Å². The van der Waals surface area contributed by atoms with E-state index in [1.165, 1.54) is 16.9 Å². The largest absolute Gasteiger partial charge is 0.347 e. The summed E-state index contributed by atoms with van der Waals surface area (Å²) in [5.41, 5.74) is 2.47. The first-order valence-corrected chi connectivity index (χ1v) is 10.6. The molecule has 3 N–H and O–H groups in total. The molecule has 2 rings (SSSR count). The predicted molar refractivity (Wildman–Crippen MR) is 104 cm³/mol. The van der Waals surface area contributed by atoms with Gasteiger partial charge in [-0.15, -0.1) is 11.3 Å². The molecule has 6 heteroatoms. The average molecular weight is 367 g/mol. The Labute approximate surface area is 150 Å². The van der Waals surface area contributed by atoms with Gasteiger partial charge in [0.2, 0.25) is 0 Å². The number of hydrogen-bond donors (Lipinski definition) is 3. The molecule has 0 bridgehead atoms. The van der Waals surface area contributed by atoms with Crippen LogP contribution in [0.25, 0.3) is 0 Å². The van der Waals surface area contributed by atoms with Gasteiger partial charge in [0.05, 0.1) is 9.09 Å². The highest BCUT2D eigenvalue weighted by atomic mass is 32.3. The van der Waals surface area contributed by atoms with E-state index in [0.29, 0.717) is 11.4 Å².